The van der Waals surface area contributed by atoms with Crippen molar-refractivity contribution in [2.45, 2.75) is 4.90 Å². The van der Waals surface area contributed by atoms with Gasteiger partial charge in [-0.15, -0.1) is 0 Å². The summed E-state index contributed by atoms with van der Waals surface area (Å²) in [5.41, 5.74) is 0.401. The first-order valence-electron chi connectivity index (χ1n) is 5.40. The van der Waals surface area contributed by atoms with E-state index in [-0.39, 0.29) is 10.0 Å². The lowest BCUT2D eigenvalue weighted by atomic mass is 10.3. The smallest absolute Gasteiger partial charge is 0.240 e. The van der Waals surface area contributed by atoms with E-state index in [0.29, 0.717) is 16.5 Å². The minimum Gasteiger partial charge on any atom is -0.339 e. The number of hydrogen-bond donors (Lipinski definition) is 2. The van der Waals surface area contributed by atoms with Crippen molar-refractivity contribution >= 4 is 44.7 Å². The van der Waals surface area contributed by atoms with E-state index in [9.17, 15) is 8.42 Å². The molecule has 1 aromatic carbocycles. The average Bonchev–Trinajstić information content (AvgIpc) is 2.41. The van der Waals surface area contributed by atoms with Gasteiger partial charge in [0.2, 0.25) is 10.0 Å². The summed E-state index contributed by atoms with van der Waals surface area (Å²) in [5, 5.41) is 3.51. The topological polar surface area (TPSA) is 84.0 Å². The number of halogens is 2. The molecule has 0 atom stereocenters. The Morgan fingerprint density at radius 1 is 1.15 bits per heavy atom. The van der Waals surface area contributed by atoms with Gasteiger partial charge in [-0.05, 0) is 25.2 Å². The summed E-state index contributed by atoms with van der Waals surface area (Å²) in [6, 6.07) is 5.80. The lowest BCUT2D eigenvalue weighted by molar-refractivity contribution is 0.588. The second-order valence-corrected chi connectivity index (χ2v) is 6.38. The second-order valence-electron chi connectivity index (χ2n) is 3.70. The Kier molecular flexibility index (Phi) is 4.44. The molecule has 106 valence electrons. The van der Waals surface area contributed by atoms with E-state index in [1.807, 2.05) is 0 Å². The van der Waals surface area contributed by atoms with Gasteiger partial charge in [-0.25, -0.2) is 23.1 Å². The molecule has 20 heavy (non-hydrogen) atoms. The van der Waals surface area contributed by atoms with Crippen molar-refractivity contribution in [3.8, 4) is 0 Å². The van der Waals surface area contributed by atoms with Crippen LogP contribution in [0.5, 0.6) is 0 Å². The van der Waals surface area contributed by atoms with Gasteiger partial charge in [-0.1, -0.05) is 23.2 Å². The van der Waals surface area contributed by atoms with Gasteiger partial charge in [-0.3, -0.25) is 0 Å². The number of anilines is 2. The molecule has 6 nitrogen and oxygen atoms in total. The molecule has 0 unspecified atom stereocenters. The Labute approximate surface area is 126 Å². The van der Waals surface area contributed by atoms with Gasteiger partial charge < -0.3 is 5.32 Å². The largest absolute Gasteiger partial charge is 0.339 e. The standard InChI is InChI=1S/C11H10Cl2N4O2S/c1-14-20(18,19)7-2-3-8(12)9(4-7)17-11-5-10(13)15-6-16-11/h2-6,14H,1H3,(H,15,16,17). The molecule has 0 aliphatic carbocycles. The minimum absolute atomic E-state index is 0.0899. The third kappa shape index (κ3) is 3.37. The van der Waals surface area contributed by atoms with Crippen LogP contribution >= 0.6 is 23.2 Å². The lowest BCUT2D eigenvalue weighted by Crippen LogP contribution is -2.18. The van der Waals surface area contributed by atoms with Crippen molar-refractivity contribution in [3.05, 3.63) is 40.8 Å². The zero-order valence-electron chi connectivity index (χ0n) is 10.3. The highest BCUT2D eigenvalue weighted by atomic mass is 35.5. The van der Waals surface area contributed by atoms with E-state index in [4.69, 9.17) is 23.2 Å². The Morgan fingerprint density at radius 2 is 1.90 bits per heavy atom. The Morgan fingerprint density at radius 3 is 2.55 bits per heavy atom. The third-order valence-electron chi connectivity index (χ3n) is 2.41. The molecule has 9 heteroatoms. The van der Waals surface area contributed by atoms with Gasteiger partial charge >= 0.3 is 0 Å². The number of nitrogens with zero attached hydrogens (tertiary/aromatic N) is 2. The van der Waals surface area contributed by atoms with Crippen LogP contribution < -0.4 is 10.0 Å². The molecule has 2 N–H and O–H groups in total. The first kappa shape index (κ1) is 15.0. The molecule has 0 aliphatic heterocycles. The highest BCUT2D eigenvalue weighted by Crippen LogP contribution is 2.27. The molecule has 2 rings (SSSR count). The van der Waals surface area contributed by atoms with Gasteiger partial charge in [0.15, 0.2) is 0 Å². The number of hydrogen-bond acceptors (Lipinski definition) is 5. The monoisotopic (exact) mass is 332 g/mol. The molecule has 0 spiro atoms. The Balaban J connectivity index is 2.39. The zero-order chi connectivity index (χ0) is 14.8. The summed E-state index contributed by atoms with van der Waals surface area (Å²) in [5.74, 6) is 0.408. The van der Waals surface area contributed by atoms with Crippen molar-refractivity contribution < 1.29 is 8.42 Å². The molecule has 1 aromatic heterocycles. The van der Waals surface area contributed by atoms with Crippen LogP contribution in [0.15, 0.2) is 35.5 Å². The lowest BCUT2D eigenvalue weighted by Gasteiger charge is -2.10. The average molecular weight is 333 g/mol. The number of rotatable bonds is 4. The van der Waals surface area contributed by atoms with Gasteiger partial charge in [-0.2, -0.15) is 0 Å². The molecule has 0 fully saturated rings. The summed E-state index contributed by atoms with van der Waals surface area (Å²) in [7, 11) is -2.21. The molecule has 0 aliphatic rings. The SMILES string of the molecule is CNS(=O)(=O)c1ccc(Cl)c(Nc2cc(Cl)ncn2)c1. The van der Waals surface area contributed by atoms with E-state index >= 15 is 0 Å². The summed E-state index contributed by atoms with van der Waals surface area (Å²) in [6.07, 6.45) is 1.28. The number of nitrogens with one attached hydrogen (secondary N) is 2. The van der Waals surface area contributed by atoms with Gasteiger partial charge in [0, 0.05) is 6.07 Å². The zero-order valence-corrected chi connectivity index (χ0v) is 12.6. The van der Waals surface area contributed by atoms with Crippen LogP contribution in [0.3, 0.4) is 0 Å². The number of sulfonamides is 1. The van der Waals surface area contributed by atoms with Gasteiger partial charge in [0.1, 0.15) is 17.3 Å². The van der Waals surface area contributed by atoms with E-state index in [2.05, 4.69) is 20.0 Å². The molecule has 0 saturated heterocycles. The Hall–Kier alpha value is -1.41. The molecular weight excluding hydrogens is 323 g/mol. The number of benzene rings is 1. The minimum atomic E-state index is -3.55. The molecule has 0 saturated carbocycles. The van der Waals surface area contributed by atoms with Crippen LogP contribution in [-0.2, 0) is 10.0 Å². The van der Waals surface area contributed by atoms with Crippen LogP contribution in [0.1, 0.15) is 0 Å². The van der Waals surface area contributed by atoms with Crippen LogP contribution in [-0.4, -0.2) is 25.4 Å². The summed E-state index contributed by atoms with van der Waals surface area (Å²) >= 11 is 11.8. The fraction of sp³-hybridized carbons (Fsp3) is 0.0909. The molecule has 0 amide bonds. The van der Waals surface area contributed by atoms with Crippen molar-refractivity contribution in [1.82, 2.24) is 14.7 Å². The predicted octanol–water partition coefficient (Wildman–Crippen LogP) is 2.44. The van der Waals surface area contributed by atoms with Crippen LogP contribution in [0.4, 0.5) is 11.5 Å². The maximum absolute atomic E-state index is 11.7. The number of aromatic nitrogens is 2. The molecule has 1 heterocycles. The second kappa shape index (κ2) is 5.92. The fourth-order valence-corrected chi connectivity index (χ4v) is 2.49. The molecule has 0 bridgehead atoms. The van der Waals surface area contributed by atoms with E-state index in [0.717, 1.165) is 0 Å². The Bertz CT molecular complexity index is 737. The molecule has 2 aromatic rings. The quantitative estimate of drug-likeness (QED) is 0.840. The summed E-state index contributed by atoms with van der Waals surface area (Å²) < 4.78 is 25.7. The van der Waals surface area contributed by atoms with Crippen LogP contribution in [0, 0.1) is 0 Å². The van der Waals surface area contributed by atoms with Crippen molar-refractivity contribution in [2.24, 2.45) is 0 Å². The normalized spacial score (nSPS) is 11.3. The first-order valence-corrected chi connectivity index (χ1v) is 7.64. The summed E-state index contributed by atoms with van der Waals surface area (Å²) in [4.78, 5) is 7.80. The highest BCUT2D eigenvalue weighted by molar-refractivity contribution is 7.89. The van der Waals surface area contributed by atoms with Crippen LogP contribution in [0.2, 0.25) is 10.2 Å². The van der Waals surface area contributed by atoms with Crippen LogP contribution in [0.25, 0.3) is 0 Å². The van der Waals surface area contributed by atoms with E-state index < -0.39 is 10.0 Å². The van der Waals surface area contributed by atoms with Gasteiger partial charge in [0.05, 0.1) is 15.6 Å². The molecule has 0 radical (unpaired) electrons. The maximum Gasteiger partial charge on any atom is 0.240 e. The third-order valence-corrected chi connectivity index (χ3v) is 4.36. The summed E-state index contributed by atoms with van der Waals surface area (Å²) in [6.45, 7) is 0. The first-order chi connectivity index (χ1) is 9.42. The maximum atomic E-state index is 11.7. The fourth-order valence-electron chi connectivity index (χ4n) is 1.43. The van der Waals surface area contributed by atoms with Crippen molar-refractivity contribution in [3.63, 3.8) is 0 Å². The van der Waals surface area contributed by atoms with E-state index in [1.54, 1.807) is 0 Å². The highest BCUT2D eigenvalue weighted by Gasteiger charge is 2.13. The van der Waals surface area contributed by atoms with Crippen molar-refractivity contribution in [2.75, 3.05) is 12.4 Å². The van der Waals surface area contributed by atoms with Crippen molar-refractivity contribution in [1.29, 1.82) is 0 Å². The van der Waals surface area contributed by atoms with E-state index in [1.165, 1.54) is 37.6 Å². The molecular formula is C11H10Cl2N4O2S. The predicted molar refractivity (Wildman–Crippen MR) is 78.0 cm³/mol. The van der Waals surface area contributed by atoms with Gasteiger partial charge in [0.25, 0.3) is 0 Å².